The predicted octanol–water partition coefficient (Wildman–Crippen LogP) is 1.95. The first-order valence-corrected chi connectivity index (χ1v) is 6.67. The Bertz CT molecular complexity index is 642. The van der Waals surface area contributed by atoms with Crippen LogP contribution in [0.3, 0.4) is 0 Å². The zero-order valence-corrected chi connectivity index (χ0v) is 10.8. The number of rotatable bonds is 3. The SMILES string of the molecule is Cc1cc(Sc2n[nH]c(=O)n2C2CC2)ccc1N. The van der Waals surface area contributed by atoms with Crippen molar-refractivity contribution >= 4 is 17.4 Å². The van der Waals surface area contributed by atoms with Gasteiger partial charge in [0.2, 0.25) is 0 Å². The van der Waals surface area contributed by atoms with Gasteiger partial charge in [0.15, 0.2) is 5.16 Å². The van der Waals surface area contributed by atoms with Crippen LogP contribution < -0.4 is 11.4 Å². The van der Waals surface area contributed by atoms with E-state index in [4.69, 9.17) is 5.73 Å². The van der Waals surface area contributed by atoms with E-state index in [1.807, 2.05) is 25.1 Å². The summed E-state index contributed by atoms with van der Waals surface area (Å²) in [5.41, 5.74) is 7.49. The van der Waals surface area contributed by atoms with Crippen molar-refractivity contribution in [3.05, 3.63) is 34.2 Å². The Kier molecular flexibility index (Phi) is 2.66. The number of nitrogens with one attached hydrogen (secondary N) is 1. The highest BCUT2D eigenvalue weighted by molar-refractivity contribution is 7.99. The van der Waals surface area contributed by atoms with Crippen LogP contribution in [-0.2, 0) is 0 Å². The molecule has 94 valence electrons. The van der Waals surface area contributed by atoms with Gasteiger partial charge >= 0.3 is 5.69 Å². The highest BCUT2D eigenvalue weighted by Gasteiger charge is 2.28. The summed E-state index contributed by atoms with van der Waals surface area (Å²) in [6.45, 7) is 1.97. The third-order valence-electron chi connectivity index (χ3n) is 3.03. The Morgan fingerprint density at radius 2 is 2.28 bits per heavy atom. The second-order valence-corrected chi connectivity index (χ2v) is 5.57. The van der Waals surface area contributed by atoms with Gasteiger partial charge in [0.25, 0.3) is 0 Å². The number of aromatic amines is 1. The number of benzene rings is 1. The summed E-state index contributed by atoms with van der Waals surface area (Å²) in [7, 11) is 0. The maximum atomic E-state index is 11.6. The maximum absolute atomic E-state index is 11.6. The molecular formula is C12H14N4OS. The molecule has 0 radical (unpaired) electrons. The fraction of sp³-hybridized carbons (Fsp3) is 0.333. The van der Waals surface area contributed by atoms with Crippen LogP contribution in [-0.4, -0.2) is 14.8 Å². The lowest BCUT2D eigenvalue weighted by atomic mass is 10.2. The number of hydrogen-bond donors (Lipinski definition) is 2. The zero-order valence-electron chi connectivity index (χ0n) is 10.0. The molecule has 18 heavy (non-hydrogen) atoms. The Balaban J connectivity index is 1.92. The Hall–Kier alpha value is -1.69. The normalized spacial score (nSPS) is 14.9. The van der Waals surface area contributed by atoms with E-state index in [1.165, 1.54) is 11.8 Å². The third-order valence-corrected chi connectivity index (χ3v) is 3.99. The van der Waals surface area contributed by atoms with Crippen LogP contribution >= 0.6 is 11.8 Å². The van der Waals surface area contributed by atoms with Crippen molar-refractivity contribution in [3.8, 4) is 0 Å². The minimum absolute atomic E-state index is 0.118. The summed E-state index contributed by atoms with van der Waals surface area (Å²) >= 11 is 1.49. The van der Waals surface area contributed by atoms with E-state index in [2.05, 4.69) is 10.2 Å². The molecule has 0 amide bonds. The summed E-state index contributed by atoms with van der Waals surface area (Å²) in [4.78, 5) is 12.7. The molecule has 0 atom stereocenters. The van der Waals surface area contributed by atoms with Gasteiger partial charge in [-0.15, -0.1) is 5.10 Å². The number of nitrogens with two attached hydrogens (primary N) is 1. The Labute approximate surface area is 108 Å². The molecule has 3 rings (SSSR count). The van der Waals surface area contributed by atoms with Crippen LogP contribution in [0, 0.1) is 6.92 Å². The number of aromatic nitrogens is 3. The second kappa shape index (κ2) is 4.20. The van der Waals surface area contributed by atoms with Gasteiger partial charge in [-0.2, -0.15) is 0 Å². The number of hydrogen-bond acceptors (Lipinski definition) is 4. The highest BCUT2D eigenvalue weighted by Crippen LogP contribution is 2.37. The summed E-state index contributed by atoms with van der Waals surface area (Å²) in [5, 5.41) is 7.33. The fourth-order valence-corrected chi connectivity index (χ4v) is 2.84. The standard InChI is InChI=1S/C12H14N4OS/c1-7-6-9(4-5-10(7)13)18-12-15-14-11(17)16(12)8-2-3-8/h4-6,8H,2-3,13H2,1H3,(H,14,17). The molecule has 0 unspecified atom stereocenters. The minimum Gasteiger partial charge on any atom is -0.399 e. The van der Waals surface area contributed by atoms with E-state index in [1.54, 1.807) is 4.57 Å². The summed E-state index contributed by atoms with van der Waals surface area (Å²) in [6.07, 6.45) is 2.13. The Morgan fingerprint density at radius 3 is 2.94 bits per heavy atom. The molecule has 0 spiro atoms. The monoisotopic (exact) mass is 262 g/mol. The van der Waals surface area contributed by atoms with Crippen LogP contribution in [0.25, 0.3) is 0 Å². The number of aryl methyl sites for hydroxylation is 1. The molecule has 0 saturated heterocycles. The number of nitrogen functional groups attached to an aromatic ring is 1. The van der Waals surface area contributed by atoms with Gasteiger partial charge in [-0.3, -0.25) is 4.57 Å². The van der Waals surface area contributed by atoms with Crippen molar-refractivity contribution < 1.29 is 0 Å². The van der Waals surface area contributed by atoms with Gasteiger partial charge in [-0.05, 0) is 55.3 Å². The molecule has 6 heteroatoms. The number of H-pyrrole nitrogens is 1. The van der Waals surface area contributed by atoms with Crippen LogP contribution in [0.2, 0.25) is 0 Å². The van der Waals surface area contributed by atoms with E-state index < -0.39 is 0 Å². The molecule has 1 aromatic heterocycles. The average molecular weight is 262 g/mol. The Morgan fingerprint density at radius 1 is 1.50 bits per heavy atom. The van der Waals surface area contributed by atoms with E-state index >= 15 is 0 Å². The lowest BCUT2D eigenvalue weighted by Crippen LogP contribution is -2.15. The smallest absolute Gasteiger partial charge is 0.344 e. The molecule has 1 heterocycles. The second-order valence-electron chi connectivity index (χ2n) is 4.53. The van der Waals surface area contributed by atoms with Crippen molar-refractivity contribution in [3.63, 3.8) is 0 Å². The van der Waals surface area contributed by atoms with E-state index in [-0.39, 0.29) is 5.69 Å². The lowest BCUT2D eigenvalue weighted by molar-refractivity contribution is 0.642. The molecule has 2 aromatic rings. The van der Waals surface area contributed by atoms with Gasteiger partial charge in [-0.25, -0.2) is 9.89 Å². The van der Waals surface area contributed by atoms with E-state index in [9.17, 15) is 4.79 Å². The summed E-state index contributed by atoms with van der Waals surface area (Å²) < 4.78 is 1.75. The molecule has 0 bridgehead atoms. The first-order chi connectivity index (χ1) is 8.65. The molecule has 1 saturated carbocycles. The highest BCUT2D eigenvalue weighted by atomic mass is 32.2. The lowest BCUT2D eigenvalue weighted by Gasteiger charge is -2.05. The van der Waals surface area contributed by atoms with Gasteiger partial charge in [0, 0.05) is 16.6 Å². The number of nitrogens with zero attached hydrogens (tertiary/aromatic N) is 2. The minimum atomic E-state index is -0.118. The molecule has 5 nitrogen and oxygen atoms in total. The van der Waals surface area contributed by atoms with Crippen LogP contribution in [0.1, 0.15) is 24.4 Å². The molecule has 1 aromatic carbocycles. The molecule has 1 aliphatic rings. The van der Waals surface area contributed by atoms with Gasteiger partial charge < -0.3 is 5.73 Å². The molecule has 3 N–H and O–H groups in total. The largest absolute Gasteiger partial charge is 0.399 e. The predicted molar refractivity (Wildman–Crippen MR) is 70.8 cm³/mol. The van der Waals surface area contributed by atoms with Crippen LogP contribution in [0.5, 0.6) is 0 Å². The average Bonchev–Trinajstić information content (AvgIpc) is 3.10. The van der Waals surface area contributed by atoms with E-state index in [0.717, 1.165) is 34.1 Å². The van der Waals surface area contributed by atoms with Crippen LogP contribution in [0.15, 0.2) is 33.0 Å². The first-order valence-electron chi connectivity index (χ1n) is 5.86. The van der Waals surface area contributed by atoms with Gasteiger partial charge in [0.05, 0.1) is 0 Å². The fourth-order valence-electron chi connectivity index (χ4n) is 1.83. The quantitative estimate of drug-likeness (QED) is 0.829. The number of anilines is 1. The van der Waals surface area contributed by atoms with Crippen molar-refractivity contribution in [2.24, 2.45) is 0 Å². The third kappa shape index (κ3) is 2.03. The molecule has 1 aliphatic carbocycles. The zero-order chi connectivity index (χ0) is 12.7. The van der Waals surface area contributed by atoms with Crippen molar-refractivity contribution in [1.29, 1.82) is 0 Å². The topological polar surface area (TPSA) is 76.7 Å². The van der Waals surface area contributed by atoms with Crippen molar-refractivity contribution in [2.75, 3.05) is 5.73 Å². The first kappa shape index (κ1) is 11.4. The summed E-state index contributed by atoms with van der Waals surface area (Å²) in [5.74, 6) is 0. The van der Waals surface area contributed by atoms with Crippen molar-refractivity contribution in [2.45, 2.75) is 35.9 Å². The maximum Gasteiger partial charge on any atom is 0.344 e. The van der Waals surface area contributed by atoms with Crippen molar-refractivity contribution in [1.82, 2.24) is 14.8 Å². The van der Waals surface area contributed by atoms with Gasteiger partial charge in [-0.1, -0.05) is 0 Å². The van der Waals surface area contributed by atoms with E-state index in [0.29, 0.717) is 6.04 Å². The molecule has 0 aliphatic heterocycles. The van der Waals surface area contributed by atoms with Crippen LogP contribution in [0.4, 0.5) is 5.69 Å². The summed E-state index contributed by atoms with van der Waals surface area (Å²) in [6, 6.07) is 6.16. The molecule has 1 fully saturated rings. The van der Waals surface area contributed by atoms with Gasteiger partial charge in [0.1, 0.15) is 0 Å². The molecular weight excluding hydrogens is 248 g/mol.